The van der Waals surface area contributed by atoms with Gasteiger partial charge in [-0.3, -0.25) is 4.79 Å². The summed E-state index contributed by atoms with van der Waals surface area (Å²) in [5.74, 6) is 1.42. The molecule has 0 saturated carbocycles. The molecule has 1 aliphatic heterocycles. The number of ether oxygens (including phenoxy) is 2. The Morgan fingerprint density at radius 3 is 2.24 bits per heavy atom. The molecule has 2 N–H and O–H groups in total. The molecule has 1 aliphatic rings. The van der Waals surface area contributed by atoms with Crippen LogP contribution in [0.1, 0.15) is 24.1 Å². The van der Waals surface area contributed by atoms with Crippen molar-refractivity contribution in [2.45, 2.75) is 18.4 Å². The largest absolute Gasteiger partial charge is 0.497 e. The SMILES string of the molecule is COc1cc(OC)cc([C@H]2NCCNC(=O)[C@]2(C)c2ccccc2)c1. The predicted molar refractivity (Wildman–Crippen MR) is 97.1 cm³/mol. The average molecular weight is 340 g/mol. The molecule has 1 fully saturated rings. The Balaban J connectivity index is 2.15. The van der Waals surface area contributed by atoms with E-state index in [1.54, 1.807) is 14.2 Å². The number of nitrogens with one attached hydrogen (secondary N) is 2. The van der Waals surface area contributed by atoms with Crippen molar-refractivity contribution in [2.24, 2.45) is 0 Å². The third-order valence-electron chi connectivity index (χ3n) is 4.89. The van der Waals surface area contributed by atoms with Crippen LogP contribution in [0.2, 0.25) is 0 Å². The number of carbonyl (C=O) groups excluding carboxylic acids is 1. The first-order valence-corrected chi connectivity index (χ1v) is 8.39. The maximum Gasteiger partial charge on any atom is 0.232 e. The first kappa shape index (κ1) is 17.3. The average Bonchev–Trinajstić information content (AvgIpc) is 2.81. The van der Waals surface area contributed by atoms with Crippen LogP contribution >= 0.6 is 0 Å². The van der Waals surface area contributed by atoms with E-state index in [2.05, 4.69) is 10.6 Å². The van der Waals surface area contributed by atoms with Crippen LogP contribution in [0, 0.1) is 0 Å². The van der Waals surface area contributed by atoms with Crippen LogP contribution in [0.5, 0.6) is 11.5 Å². The van der Waals surface area contributed by atoms with E-state index in [9.17, 15) is 4.79 Å². The van der Waals surface area contributed by atoms with Gasteiger partial charge in [0.25, 0.3) is 0 Å². The number of rotatable bonds is 4. The van der Waals surface area contributed by atoms with E-state index in [1.165, 1.54) is 0 Å². The molecule has 2 aromatic rings. The van der Waals surface area contributed by atoms with Gasteiger partial charge in [-0.25, -0.2) is 0 Å². The molecular weight excluding hydrogens is 316 g/mol. The number of methoxy groups -OCH3 is 2. The molecule has 0 radical (unpaired) electrons. The Morgan fingerprint density at radius 1 is 1.00 bits per heavy atom. The fourth-order valence-electron chi connectivity index (χ4n) is 3.44. The summed E-state index contributed by atoms with van der Waals surface area (Å²) in [6.45, 7) is 3.27. The Morgan fingerprint density at radius 2 is 1.64 bits per heavy atom. The van der Waals surface area contributed by atoms with E-state index in [1.807, 2.05) is 55.5 Å². The van der Waals surface area contributed by atoms with Crippen LogP contribution in [-0.4, -0.2) is 33.2 Å². The molecule has 1 heterocycles. The van der Waals surface area contributed by atoms with Crippen molar-refractivity contribution in [1.82, 2.24) is 10.6 Å². The molecule has 1 saturated heterocycles. The molecule has 0 aliphatic carbocycles. The van der Waals surface area contributed by atoms with Crippen molar-refractivity contribution < 1.29 is 14.3 Å². The Labute approximate surface area is 148 Å². The third-order valence-corrected chi connectivity index (χ3v) is 4.89. The molecule has 25 heavy (non-hydrogen) atoms. The van der Waals surface area contributed by atoms with Crippen molar-refractivity contribution in [3.63, 3.8) is 0 Å². The highest BCUT2D eigenvalue weighted by molar-refractivity contribution is 5.89. The van der Waals surface area contributed by atoms with Gasteiger partial charge in [0.15, 0.2) is 0 Å². The van der Waals surface area contributed by atoms with Crippen molar-refractivity contribution in [3.8, 4) is 11.5 Å². The van der Waals surface area contributed by atoms with Gasteiger partial charge in [-0.2, -0.15) is 0 Å². The molecule has 3 rings (SSSR count). The smallest absolute Gasteiger partial charge is 0.232 e. The summed E-state index contributed by atoms with van der Waals surface area (Å²) in [6.07, 6.45) is 0. The molecule has 5 heteroatoms. The van der Waals surface area contributed by atoms with Crippen LogP contribution in [0.25, 0.3) is 0 Å². The lowest BCUT2D eigenvalue weighted by atomic mass is 9.72. The van der Waals surface area contributed by atoms with Crippen LogP contribution < -0.4 is 20.1 Å². The Bertz CT molecular complexity index is 726. The van der Waals surface area contributed by atoms with E-state index < -0.39 is 5.41 Å². The number of hydrogen-bond acceptors (Lipinski definition) is 4. The van der Waals surface area contributed by atoms with Gasteiger partial charge in [-0.1, -0.05) is 30.3 Å². The van der Waals surface area contributed by atoms with E-state index in [0.29, 0.717) is 24.6 Å². The maximum atomic E-state index is 13.0. The van der Waals surface area contributed by atoms with Crippen LogP contribution in [0.15, 0.2) is 48.5 Å². The molecule has 0 aromatic heterocycles. The van der Waals surface area contributed by atoms with Crippen molar-refractivity contribution in [3.05, 3.63) is 59.7 Å². The fraction of sp³-hybridized carbons (Fsp3) is 0.350. The quantitative estimate of drug-likeness (QED) is 0.897. The first-order chi connectivity index (χ1) is 12.1. The number of benzene rings is 2. The van der Waals surface area contributed by atoms with Crippen LogP contribution in [0.4, 0.5) is 0 Å². The summed E-state index contributed by atoms with van der Waals surface area (Å²) in [5.41, 5.74) is 1.17. The summed E-state index contributed by atoms with van der Waals surface area (Å²) >= 11 is 0. The van der Waals surface area contributed by atoms with Crippen LogP contribution in [-0.2, 0) is 10.2 Å². The summed E-state index contributed by atoms with van der Waals surface area (Å²) in [6, 6.07) is 15.4. The number of carbonyl (C=O) groups is 1. The molecule has 2 atom stereocenters. The second-order valence-corrected chi connectivity index (χ2v) is 6.36. The van der Waals surface area contributed by atoms with Gasteiger partial charge in [-0.05, 0) is 30.2 Å². The Kier molecular flexibility index (Phi) is 4.95. The summed E-state index contributed by atoms with van der Waals surface area (Å²) in [4.78, 5) is 13.0. The number of hydrogen-bond donors (Lipinski definition) is 2. The Hall–Kier alpha value is -2.53. The lowest BCUT2D eigenvalue weighted by molar-refractivity contribution is -0.126. The molecule has 0 unspecified atom stereocenters. The summed E-state index contributed by atoms with van der Waals surface area (Å²) in [5, 5.41) is 6.55. The lowest BCUT2D eigenvalue weighted by Crippen LogP contribution is -2.47. The van der Waals surface area contributed by atoms with Gasteiger partial charge in [0, 0.05) is 19.2 Å². The zero-order valence-electron chi connectivity index (χ0n) is 14.8. The van der Waals surface area contributed by atoms with Crippen molar-refractivity contribution in [1.29, 1.82) is 0 Å². The van der Waals surface area contributed by atoms with Gasteiger partial charge in [0.1, 0.15) is 11.5 Å². The zero-order chi connectivity index (χ0) is 17.9. The third kappa shape index (κ3) is 3.20. The van der Waals surface area contributed by atoms with Gasteiger partial charge in [0.05, 0.1) is 25.7 Å². The second-order valence-electron chi connectivity index (χ2n) is 6.36. The van der Waals surface area contributed by atoms with Crippen LogP contribution in [0.3, 0.4) is 0 Å². The molecule has 2 aromatic carbocycles. The molecule has 0 spiro atoms. The van der Waals surface area contributed by atoms with Gasteiger partial charge >= 0.3 is 0 Å². The lowest BCUT2D eigenvalue weighted by Gasteiger charge is -2.36. The molecular formula is C20H24N2O3. The monoisotopic (exact) mass is 340 g/mol. The molecule has 0 bridgehead atoms. The van der Waals surface area contributed by atoms with E-state index in [0.717, 1.165) is 11.1 Å². The fourth-order valence-corrected chi connectivity index (χ4v) is 3.44. The zero-order valence-corrected chi connectivity index (χ0v) is 14.8. The standard InChI is InChI=1S/C20H24N2O3/c1-20(15-7-5-4-6-8-15)18(21-9-10-22-19(20)23)14-11-16(24-2)13-17(12-14)25-3/h4-8,11-13,18,21H,9-10H2,1-3H3,(H,22,23)/t18-,20-/m1/s1. The minimum absolute atomic E-state index is 0.00971. The minimum atomic E-state index is -0.755. The normalized spacial score (nSPS) is 23.5. The molecule has 1 amide bonds. The van der Waals surface area contributed by atoms with Gasteiger partial charge < -0.3 is 20.1 Å². The summed E-state index contributed by atoms with van der Waals surface area (Å²) < 4.78 is 10.8. The van der Waals surface area contributed by atoms with Gasteiger partial charge in [0.2, 0.25) is 5.91 Å². The van der Waals surface area contributed by atoms with Crippen molar-refractivity contribution in [2.75, 3.05) is 27.3 Å². The first-order valence-electron chi connectivity index (χ1n) is 8.39. The highest BCUT2D eigenvalue weighted by atomic mass is 16.5. The summed E-state index contributed by atoms with van der Waals surface area (Å²) in [7, 11) is 3.25. The predicted octanol–water partition coefficient (Wildman–Crippen LogP) is 2.42. The highest BCUT2D eigenvalue weighted by Crippen LogP contribution is 2.40. The van der Waals surface area contributed by atoms with Crippen molar-refractivity contribution >= 4 is 5.91 Å². The van der Waals surface area contributed by atoms with E-state index >= 15 is 0 Å². The van der Waals surface area contributed by atoms with Gasteiger partial charge in [-0.15, -0.1) is 0 Å². The molecule has 132 valence electrons. The maximum absolute atomic E-state index is 13.0. The number of amides is 1. The van der Waals surface area contributed by atoms with E-state index in [4.69, 9.17) is 9.47 Å². The molecule has 5 nitrogen and oxygen atoms in total. The topological polar surface area (TPSA) is 59.6 Å². The highest BCUT2D eigenvalue weighted by Gasteiger charge is 2.45. The minimum Gasteiger partial charge on any atom is -0.497 e. The van der Waals surface area contributed by atoms with E-state index in [-0.39, 0.29) is 11.9 Å². The second kappa shape index (κ2) is 7.15.